The van der Waals surface area contributed by atoms with Crippen molar-refractivity contribution >= 4 is 41.0 Å². The zero-order chi connectivity index (χ0) is 24.9. The molecule has 0 fully saturated rings. The van der Waals surface area contributed by atoms with Gasteiger partial charge < -0.3 is 9.32 Å². The van der Waals surface area contributed by atoms with Gasteiger partial charge in [-0.2, -0.15) is 0 Å². The van der Waals surface area contributed by atoms with E-state index in [9.17, 15) is 9.59 Å². The van der Waals surface area contributed by atoms with E-state index >= 15 is 0 Å². The average Bonchev–Trinajstić information content (AvgIpc) is 3.49. The van der Waals surface area contributed by atoms with Crippen molar-refractivity contribution in [3.8, 4) is 16.9 Å². The van der Waals surface area contributed by atoms with Gasteiger partial charge in [0.15, 0.2) is 5.76 Å². The van der Waals surface area contributed by atoms with Gasteiger partial charge in [0, 0.05) is 34.0 Å². The highest BCUT2D eigenvalue weighted by atomic mass is 35.5. The molecule has 7 nitrogen and oxygen atoms in total. The highest BCUT2D eigenvalue weighted by Gasteiger charge is 2.23. The quantitative estimate of drug-likeness (QED) is 0.307. The molecular formula is C26H24Cl2N4O3. The molecule has 0 bridgehead atoms. The number of furan rings is 1. The molecule has 0 radical (unpaired) electrons. The Morgan fingerprint density at radius 3 is 2.49 bits per heavy atom. The number of benzene rings is 2. The third-order valence-corrected chi connectivity index (χ3v) is 5.61. The van der Waals surface area contributed by atoms with Gasteiger partial charge in [-0.3, -0.25) is 19.5 Å². The molecule has 2 aromatic heterocycles. The summed E-state index contributed by atoms with van der Waals surface area (Å²) in [7, 11) is 0. The Balaban J connectivity index is 1.62. The van der Waals surface area contributed by atoms with Gasteiger partial charge in [-0.15, -0.1) is 0 Å². The van der Waals surface area contributed by atoms with E-state index < -0.39 is 0 Å². The highest BCUT2D eigenvalue weighted by Crippen LogP contribution is 2.26. The fourth-order valence-electron chi connectivity index (χ4n) is 3.60. The van der Waals surface area contributed by atoms with E-state index in [1.807, 2.05) is 44.3 Å². The van der Waals surface area contributed by atoms with E-state index in [-0.39, 0.29) is 30.0 Å². The smallest absolute Gasteiger partial charge is 0.290 e. The maximum Gasteiger partial charge on any atom is 0.290 e. The Kier molecular flexibility index (Phi) is 7.58. The lowest BCUT2D eigenvalue weighted by atomic mass is 10.2. The van der Waals surface area contributed by atoms with Gasteiger partial charge in [0.05, 0.1) is 12.0 Å². The highest BCUT2D eigenvalue weighted by molar-refractivity contribution is 6.31. The molecule has 2 heterocycles. The number of hydrogen-bond donors (Lipinski definition) is 1. The first-order valence-electron chi connectivity index (χ1n) is 11.0. The van der Waals surface area contributed by atoms with Crippen molar-refractivity contribution in [2.24, 2.45) is 5.92 Å². The number of amides is 2. The molecular weight excluding hydrogens is 487 g/mol. The largest absolute Gasteiger partial charge is 0.459 e. The topological polar surface area (TPSA) is 80.4 Å². The van der Waals surface area contributed by atoms with Gasteiger partial charge in [-0.25, -0.2) is 4.98 Å². The summed E-state index contributed by atoms with van der Waals surface area (Å²) in [5, 5.41) is 4.02. The van der Waals surface area contributed by atoms with Crippen molar-refractivity contribution < 1.29 is 14.0 Å². The van der Waals surface area contributed by atoms with Gasteiger partial charge in [-0.1, -0.05) is 55.2 Å². The van der Waals surface area contributed by atoms with Gasteiger partial charge >= 0.3 is 0 Å². The number of nitrogens with zero attached hydrogens (tertiary/aromatic N) is 3. The number of halogens is 2. The fraction of sp³-hybridized carbons (Fsp3) is 0.192. The first kappa shape index (κ1) is 24.6. The predicted molar refractivity (Wildman–Crippen MR) is 137 cm³/mol. The number of carbonyl (C=O) groups is 2. The molecule has 0 atom stereocenters. The zero-order valence-electron chi connectivity index (χ0n) is 19.2. The van der Waals surface area contributed by atoms with Crippen LogP contribution in [0.2, 0.25) is 10.0 Å². The van der Waals surface area contributed by atoms with Crippen molar-refractivity contribution in [1.82, 2.24) is 14.5 Å². The summed E-state index contributed by atoms with van der Waals surface area (Å²) < 4.78 is 6.99. The van der Waals surface area contributed by atoms with Crippen molar-refractivity contribution in [2.75, 3.05) is 18.4 Å². The molecule has 4 rings (SSSR count). The molecule has 0 saturated heterocycles. The number of hydrogen-bond acceptors (Lipinski definition) is 4. The molecule has 0 spiro atoms. The van der Waals surface area contributed by atoms with E-state index in [1.165, 1.54) is 11.2 Å². The van der Waals surface area contributed by atoms with Crippen LogP contribution in [0.25, 0.3) is 16.9 Å². The first-order chi connectivity index (χ1) is 16.8. The molecule has 2 aromatic carbocycles. The first-order valence-corrected chi connectivity index (χ1v) is 11.8. The standard InChI is InChI=1S/C26H24Cl2N4O3/c1-17(2)14-31(25(34)23-7-4-12-35-23)16-24(33)30-26-29-22(18-8-10-19(27)11-9-18)15-32(26)21-6-3-5-20(28)13-21/h3-13,15,17H,14,16H2,1-2H3,(H,29,30,33). The number of carbonyl (C=O) groups excluding carboxylic acids is 2. The molecule has 0 unspecified atom stereocenters. The third kappa shape index (κ3) is 6.12. The Bertz CT molecular complexity index is 1310. The number of imidazole rings is 1. The second-order valence-corrected chi connectivity index (χ2v) is 9.28. The van der Waals surface area contributed by atoms with Crippen LogP contribution in [0.15, 0.2) is 77.5 Å². The lowest BCUT2D eigenvalue weighted by Gasteiger charge is -2.23. The van der Waals surface area contributed by atoms with Crippen molar-refractivity contribution in [1.29, 1.82) is 0 Å². The van der Waals surface area contributed by atoms with E-state index in [0.29, 0.717) is 28.2 Å². The lowest BCUT2D eigenvalue weighted by Crippen LogP contribution is -2.40. The number of aromatic nitrogens is 2. The molecule has 2 amide bonds. The monoisotopic (exact) mass is 510 g/mol. The van der Waals surface area contributed by atoms with Crippen molar-refractivity contribution in [3.05, 3.63) is 88.9 Å². The minimum absolute atomic E-state index is 0.156. The molecule has 0 aliphatic heterocycles. The summed E-state index contributed by atoms with van der Waals surface area (Å²) in [5.74, 6) is -0.0892. The molecule has 0 saturated carbocycles. The SMILES string of the molecule is CC(C)CN(CC(=O)Nc1nc(-c2ccc(Cl)cc2)cn1-c1cccc(Cl)c1)C(=O)c1ccco1. The molecule has 0 aliphatic rings. The maximum atomic E-state index is 13.1. The Labute approximate surface area is 213 Å². The van der Waals surface area contributed by atoms with E-state index in [4.69, 9.17) is 27.6 Å². The van der Waals surface area contributed by atoms with E-state index in [1.54, 1.807) is 41.0 Å². The van der Waals surface area contributed by atoms with Crippen LogP contribution in [-0.2, 0) is 4.79 Å². The van der Waals surface area contributed by atoms with E-state index in [0.717, 1.165) is 11.3 Å². The van der Waals surface area contributed by atoms with Gasteiger partial charge in [0.2, 0.25) is 11.9 Å². The Hall–Kier alpha value is -3.55. The van der Waals surface area contributed by atoms with Crippen LogP contribution in [-0.4, -0.2) is 39.4 Å². The van der Waals surface area contributed by atoms with Crippen LogP contribution in [0.4, 0.5) is 5.95 Å². The lowest BCUT2D eigenvalue weighted by molar-refractivity contribution is -0.117. The van der Waals surface area contributed by atoms with Gasteiger partial charge in [0.1, 0.15) is 6.54 Å². The molecule has 9 heteroatoms. The molecule has 1 N–H and O–H groups in total. The second-order valence-electron chi connectivity index (χ2n) is 8.41. The minimum Gasteiger partial charge on any atom is -0.459 e. The Morgan fingerprint density at radius 1 is 1.06 bits per heavy atom. The minimum atomic E-state index is -0.387. The van der Waals surface area contributed by atoms with E-state index in [2.05, 4.69) is 10.3 Å². The number of rotatable bonds is 8. The van der Waals surface area contributed by atoms with Crippen molar-refractivity contribution in [2.45, 2.75) is 13.8 Å². The third-order valence-electron chi connectivity index (χ3n) is 5.12. The summed E-state index contributed by atoms with van der Waals surface area (Å²) in [5.41, 5.74) is 2.20. The predicted octanol–water partition coefficient (Wildman–Crippen LogP) is 6.18. The normalized spacial score (nSPS) is 11.0. The van der Waals surface area contributed by atoms with Gasteiger partial charge in [0.25, 0.3) is 5.91 Å². The summed E-state index contributed by atoms with van der Waals surface area (Å²) in [6, 6.07) is 17.7. The maximum absolute atomic E-state index is 13.1. The van der Waals surface area contributed by atoms with Crippen molar-refractivity contribution in [3.63, 3.8) is 0 Å². The molecule has 4 aromatic rings. The summed E-state index contributed by atoms with van der Waals surface area (Å²) in [6.07, 6.45) is 3.24. The molecule has 180 valence electrons. The number of anilines is 1. The van der Waals surface area contributed by atoms with Crippen LogP contribution in [0, 0.1) is 5.92 Å². The number of nitrogens with one attached hydrogen (secondary N) is 1. The van der Waals surface area contributed by atoms with Crippen LogP contribution in [0.3, 0.4) is 0 Å². The van der Waals surface area contributed by atoms with Crippen LogP contribution in [0.5, 0.6) is 0 Å². The summed E-state index contributed by atoms with van der Waals surface area (Å²) in [6.45, 7) is 4.19. The average molecular weight is 511 g/mol. The van der Waals surface area contributed by atoms with Crippen LogP contribution in [0.1, 0.15) is 24.4 Å². The fourth-order valence-corrected chi connectivity index (χ4v) is 3.92. The molecule has 35 heavy (non-hydrogen) atoms. The van der Waals surface area contributed by atoms with Crippen LogP contribution < -0.4 is 5.32 Å². The summed E-state index contributed by atoms with van der Waals surface area (Å²) in [4.78, 5) is 32.1. The zero-order valence-corrected chi connectivity index (χ0v) is 20.8. The molecule has 0 aliphatic carbocycles. The Morgan fingerprint density at radius 2 is 1.83 bits per heavy atom. The van der Waals surface area contributed by atoms with Crippen LogP contribution >= 0.6 is 23.2 Å². The second kappa shape index (κ2) is 10.8. The summed E-state index contributed by atoms with van der Waals surface area (Å²) >= 11 is 12.2. The van der Waals surface area contributed by atoms with Gasteiger partial charge in [-0.05, 0) is 48.4 Å².